The molecule has 4 rings (SSSR count). The molecule has 1 saturated carbocycles. The predicted octanol–water partition coefficient (Wildman–Crippen LogP) is 3.09. The average molecular weight is 411 g/mol. The first-order valence-electron chi connectivity index (χ1n) is 9.58. The lowest BCUT2D eigenvalue weighted by Crippen LogP contribution is -2.30. The van der Waals surface area contributed by atoms with Gasteiger partial charge in [0.15, 0.2) is 5.82 Å². The van der Waals surface area contributed by atoms with E-state index >= 15 is 0 Å². The standard InChI is InChI=1S/C20H22N6O2S/c1-12(2)25-29(27,28)15-10-22-19(23-11-15)18-17(9-21)16-8-7-13(3)24-20(16)26(18)14-5-4-6-14/h7-8,10-12,14,25H,4-6H2,1-3H3. The van der Waals surface area contributed by atoms with Crippen LogP contribution in [0.2, 0.25) is 0 Å². The van der Waals surface area contributed by atoms with Gasteiger partial charge in [-0.1, -0.05) is 0 Å². The zero-order valence-electron chi connectivity index (χ0n) is 16.5. The van der Waals surface area contributed by atoms with Crippen LogP contribution in [0.15, 0.2) is 29.4 Å². The summed E-state index contributed by atoms with van der Waals surface area (Å²) in [6.45, 7) is 5.41. The second-order valence-corrected chi connectivity index (χ2v) is 9.35. The van der Waals surface area contributed by atoms with Crippen molar-refractivity contribution in [1.82, 2.24) is 24.2 Å². The summed E-state index contributed by atoms with van der Waals surface area (Å²) in [5.41, 5.74) is 2.69. The lowest BCUT2D eigenvalue weighted by Gasteiger charge is -2.29. The average Bonchev–Trinajstić information content (AvgIpc) is 2.93. The molecule has 1 aliphatic carbocycles. The Morgan fingerprint density at radius 3 is 2.48 bits per heavy atom. The van der Waals surface area contributed by atoms with Gasteiger partial charge >= 0.3 is 0 Å². The van der Waals surface area contributed by atoms with Crippen molar-refractivity contribution < 1.29 is 8.42 Å². The van der Waals surface area contributed by atoms with Crippen molar-refractivity contribution in [2.24, 2.45) is 0 Å². The number of rotatable bonds is 5. The molecule has 29 heavy (non-hydrogen) atoms. The zero-order chi connectivity index (χ0) is 20.8. The second kappa shape index (κ2) is 7.21. The van der Waals surface area contributed by atoms with E-state index < -0.39 is 10.0 Å². The predicted molar refractivity (Wildman–Crippen MR) is 109 cm³/mol. The molecule has 0 unspecified atom stereocenters. The maximum Gasteiger partial charge on any atom is 0.243 e. The van der Waals surface area contributed by atoms with E-state index in [9.17, 15) is 13.7 Å². The fourth-order valence-electron chi connectivity index (χ4n) is 3.56. The quantitative estimate of drug-likeness (QED) is 0.691. The Kier molecular flexibility index (Phi) is 4.84. The van der Waals surface area contributed by atoms with Crippen molar-refractivity contribution in [3.8, 4) is 17.6 Å². The van der Waals surface area contributed by atoms with Gasteiger partial charge in [0.25, 0.3) is 0 Å². The Morgan fingerprint density at radius 2 is 1.93 bits per heavy atom. The molecule has 0 radical (unpaired) electrons. The minimum atomic E-state index is -3.68. The van der Waals surface area contributed by atoms with Gasteiger partial charge in [0.2, 0.25) is 10.0 Å². The van der Waals surface area contributed by atoms with E-state index in [2.05, 4.69) is 30.3 Å². The molecule has 150 valence electrons. The van der Waals surface area contributed by atoms with Crippen LogP contribution in [-0.2, 0) is 10.0 Å². The fraction of sp³-hybridized carbons (Fsp3) is 0.400. The third-order valence-corrected chi connectivity index (χ3v) is 6.70. The highest BCUT2D eigenvalue weighted by Crippen LogP contribution is 2.41. The van der Waals surface area contributed by atoms with Crippen molar-refractivity contribution >= 4 is 21.1 Å². The maximum absolute atomic E-state index is 12.4. The lowest BCUT2D eigenvalue weighted by molar-refractivity contribution is 0.322. The zero-order valence-corrected chi connectivity index (χ0v) is 17.4. The van der Waals surface area contributed by atoms with E-state index in [0.717, 1.165) is 36.0 Å². The van der Waals surface area contributed by atoms with Crippen molar-refractivity contribution in [1.29, 1.82) is 5.26 Å². The van der Waals surface area contributed by atoms with Crippen LogP contribution in [0, 0.1) is 18.3 Å². The van der Waals surface area contributed by atoms with Gasteiger partial charge in [0.05, 0.1) is 18.0 Å². The number of hydrogen-bond acceptors (Lipinski definition) is 6. The number of sulfonamides is 1. The van der Waals surface area contributed by atoms with Crippen LogP contribution < -0.4 is 4.72 Å². The van der Waals surface area contributed by atoms with E-state index in [1.807, 2.05) is 19.1 Å². The Bertz CT molecular complexity index is 1220. The maximum atomic E-state index is 12.4. The first-order chi connectivity index (χ1) is 13.8. The largest absolute Gasteiger partial charge is 0.318 e. The van der Waals surface area contributed by atoms with E-state index in [-0.39, 0.29) is 17.0 Å². The number of hydrogen-bond donors (Lipinski definition) is 1. The highest BCUT2D eigenvalue weighted by molar-refractivity contribution is 7.89. The monoisotopic (exact) mass is 410 g/mol. The summed E-state index contributed by atoms with van der Waals surface area (Å²) < 4.78 is 29.3. The second-order valence-electron chi connectivity index (χ2n) is 7.63. The van der Waals surface area contributed by atoms with Crippen LogP contribution in [0.4, 0.5) is 0 Å². The van der Waals surface area contributed by atoms with Crippen LogP contribution in [0.1, 0.15) is 50.4 Å². The molecule has 1 aliphatic rings. The molecular formula is C20H22N6O2S. The van der Waals surface area contributed by atoms with Gasteiger partial charge in [-0.25, -0.2) is 28.1 Å². The van der Waals surface area contributed by atoms with Crippen molar-refractivity contribution in [3.63, 3.8) is 0 Å². The third-order valence-electron chi connectivity index (χ3n) is 5.08. The van der Waals surface area contributed by atoms with E-state index in [4.69, 9.17) is 0 Å². The molecule has 0 spiro atoms. The SMILES string of the molecule is Cc1ccc2c(C#N)c(-c3ncc(S(=O)(=O)NC(C)C)cn3)n(C3CCC3)c2n1. The minimum Gasteiger partial charge on any atom is -0.318 e. The Balaban J connectivity index is 1.89. The number of nitrogens with one attached hydrogen (secondary N) is 1. The van der Waals surface area contributed by atoms with Crippen LogP contribution in [-0.4, -0.2) is 34.0 Å². The normalized spacial score (nSPS) is 14.9. The van der Waals surface area contributed by atoms with E-state index in [1.165, 1.54) is 12.4 Å². The van der Waals surface area contributed by atoms with Crippen LogP contribution in [0.5, 0.6) is 0 Å². The number of nitrogens with zero attached hydrogens (tertiary/aromatic N) is 5. The van der Waals surface area contributed by atoms with Gasteiger partial charge in [-0.15, -0.1) is 0 Å². The molecule has 3 aromatic rings. The number of aryl methyl sites for hydroxylation is 1. The molecule has 0 aliphatic heterocycles. The van der Waals surface area contributed by atoms with Crippen LogP contribution >= 0.6 is 0 Å². The van der Waals surface area contributed by atoms with Crippen molar-refractivity contribution in [3.05, 3.63) is 35.8 Å². The molecule has 8 nitrogen and oxygen atoms in total. The highest BCUT2D eigenvalue weighted by Gasteiger charge is 2.30. The Labute approximate surface area is 169 Å². The minimum absolute atomic E-state index is 0.00580. The lowest BCUT2D eigenvalue weighted by atomic mass is 9.92. The Hall–Kier alpha value is -2.83. The van der Waals surface area contributed by atoms with Gasteiger partial charge in [-0.2, -0.15) is 5.26 Å². The number of nitriles is 1. The molecule has 1 N–H and O–H groups in total. The first-order valence-corrected chi connectivity index (χ1v) is 11.1. The number of pyridine rings is 1. The smallest absolute Gasteiger partial charge is 0.243 e. The highest BCUT2D eigenvalue weighted by atomic mass is 32.2. The summed E-state index contributed by atoms with van der Waals surface area (Å²) in [5.74, 6) is 0.326. The summed E-state index contributed by atoms with van der Waals surface area (Å²) in [7, 11) is -3.68. The van der Waals surface area contributed by atoms with Gasteiger partial charge in [-0.05, 0) is 52.2 Å². The van der Waals surface area contributed by atoms with Crippen molar-refractivity contribution in [2.75, 3.05) is 0 Å². The Morgan fingerprint density at radius 1 is 1.24 bits per heavy atom. The molecule has 0 amide bonds. The summed E-state index contributed by atoms with van der Waals surface area (Å²) >= 11 is 0. The molecule has 0 aromatic carbocycles. The number of fused-ring (bicyclic) bond motifs is 1. The van der Waals surface area contributed by atoms with E-state index in [1.54, 1.807) is 13.8 Å². The topological polar surface area (TPSA) is 114 Å². The molecule has 0 atom stereocenters. The molecular weight excluding hydrogens is 388 g/mol. The summed E-state index contributed by atoms with van der Waals surface area (Å²) in [6.07, 6.45) is 5.70. The summed E-state index contributed by atoms with van der Waals surface area (Å²) in [4.78, 5) is 13.3. The van der Waals surface area contributed by atoms with Crippen molar-refractivity contribution in [2.45, 2.75) is 57.0 Å². The first kappa shape index (κ1) is 19.5. The summed E-state index contributed by atoms with van der Waals surface area (Å²) in [5, 5.41) is 10.6. The fourth-order valence-corrected chi connectivity index (χ4v) is 4.70. The van der Waals surface area contributed by atoms with Crippen LogP contribution in [0.3, 0.4) is 0 Å². The van der Waals surface area contributed by atoms with Gasteiger partial charge in [0, 0.05) is 23.2 Å². The number of aromatic nitrogens is 4. The summed E-state index contributed by atoms with van der Waals surface area (Å²) in [6, 6.07) is 6.06. The van der Waals surface area contributed by atoms with Crippen LogP contribution in [0.25, 0.3) is 22.6 Å². The van der Waals surface area contributed by atoms with Gasteiger partial charge in [0.1, 0.15) is 22.3 Å². The molecule has 1 fully saturated rings. The van der Waals surface area contributed by atoms with Gasteiger partial charge < -0.3 is 4.57 Å². The molecule has 0 saturated heterocycles. The molecule has 3 aromatic heterocycles. The third kappa shape index (κ3) is 3.39. The molecule has 0 bridgehead atoms. The molecule has 3 heterocycles. The van der Waals surface area contributed by atoms with E-state index in [0.29, 0.717) is 17.1 Å². The van der Waals surface area contributed by atoms with Gasteiger partial charge in [-0.3, -0.25) is 0 Å². The molecule has 9 heteroatoms.